The maximum Gasteiger partial charge on any atom is 0.406 e. The summed E-state index contributed by atoms with van der Waals surface area (Å²) in [4.78, 5) is 4.16. The summed E-state index contributed by atoms with van der Waals surface area (Å²) in [5, 5.41) is 1.67. The number of hydrogen-bond acceptors (Lipinski definition) is 4. The Kier molecular flexibility index (Phi) is 5.11. The first-order valence-corrected chi connectivity index (χ1v) is 9.95. The van der Waals surface area contributed by atoms with Gasteiger partial charge in [0, 0.05) is 10.8 Å². The number of fused-ring (bicyclic) bond motifs is 3. The minimum Gasteiger partial charge on any atom is -0.304 e. The van der Waals surface area contributed by atoms with E-state index < -0.39 is 19.0 Å². The molecule has 3 rings (SSSR count). The van der Waals surface area contributed by atoms with Crippen molar-refractivity contribution in [3.05, 3.63) is 53.7 Å². The molecule has 0 amide bonds. The Morgan fingerprint density at radius 2 is 1.62 bits per heavy atom. The number of pyridine rings is 1. The lowest BCUT2D eigenvalue weighted by Gasteiger charge is -2.26. The lowest BCUT2D eigenvalue weighted by Crippen LogP contribution is -2.20. The molecular weight excluding hydrogens is 359 g/mol. The maximum atomic E-state index is 15.4. The van der Waals surface area contributed by atoms with Gasteiger partial charge in [0.2, 0.25) is 0 Å². The highest BCUT2D eigenvalue weighted by atomic mass is 31.2. The van der Waals surface area contributed by atoms with E-state index in [2.05, 4.69) is 4.98 Å². The predicted octanol–water partition coefficient (Wildman–Crippen LogP) is 6.01. The molecule has 0 aliphatic carbocycles. The molecule has 26 heavy (non-hydrogen) atoms. The van der Waals surface area contributed by atoms with Crippen LogP contribution >= 0.6 is 7.60 Å². The molecule has 0 spiro atoms. The summed E-state index contributed by atoms with van der Waals surface area (Å²) in [6.45, 7) is 4.53. The average Bonchev–Trinajstić information content (AvgIpc) is 2.61. The zero-order valence-electron chi connectivity index (χ0n) is 14.8. The van der Waals surface area contributed by atoms with Gasteiger partial charge in [0.05, 0.1) is 18.7 Å². The molecule has 0 bridgehead atoms. The molecular formula is C19H20F2NO3P. The molecule has 7 heteroatoms. The van der Waals surface area contributed by atoms with Crippen LogP contribution in [0.2, 0.25) is 0 Å². The Morgan fingerprint density at radius 3 is 2.27 bits per heavy atom. The molecule has 0 aliphatic rings. The molecule has 0 N–H and O–H groups in total. The third-order valence-electron chi connectivity index (χ3n) is 4.16. The number of benzene rings is 2. The molecule has 0 fully saturated rings. The highest BCUT2D eigenvalue weighted by Crippen LogP contribution is 2.67. The first-order chi connectivity index (χ1) is 12.4. The summed E-state index contributed by atoms with van der Waals surface area (Å²) in [5.41, 5.74) is -3.22. The molecule has 0 atom stereocenters. The number of alkyl halides is 2. The maximum absolute atomic E-state index is 15.4. The molecule has 0 saturated carbocycles. The van der Waals surface area contributed by atoms with Gasteiger partial charge < -0.3 is 9.05 Å². The largest absolute Gasteiger partial charge is 0.406 e. The molecule has 138 valence electrons. The van der Waals surface area contributed by atoms with E-state index in [1.165, 1.54) is 13.8 Å². The fraction of sp³-hybridized carbons (Fsp3) is 0.316. The molecule has 0 unspecified atom stereocenters. The van der Waals surface area contributed by atoms with E-state index in [-0.39, 0.29) is 18.6 Å². The zero-order chi connectivity index (χ0) is 18.9. The molecule has 2 aromatic carbocycles. The van der Waals surface area contributed by atoms with Crippen molar-refractivity contribution < 1.29 is 22.4 Å². The van der Waals surface area contributed by atoms with Crippen molar-refractivity contribution in [3.63, 3.8) is 0 Å². The van der Waals surface area contributed by atoms with Crippen LogP contribution in [0.3, 0.4) is 0 Å². The molecule has 1 aromatic heterocycles. The van der Waals surface area contributed by atoms with Gasteiger partial charge in [0.25, 0.3) is 0 Å². The summed E-state index contributed by atoms with van der Waals surface area (Å²) in [7, 11) is -4.74. The van der Waals surface area contributed by atoms with Gasteiger partial charge >= 0.3 is 13.3 Å². The molecule has 0 saturated heterocycles. The second kappa shape index (κ2) is 7.03. The van der Waals surface area contributed by atoms with E-state index in [1.54, 1.807) is 24.3 Å². The minimum atomic E-state index is -4.74. The van der Waals surface area contributed by atoms with Gasteiger partial charge in [-0.05, 0) is 37.8 Å². The smallest absolute Gasteiger partial charge is 0.304 e. The number of halogens is 2. The van der Waals surface area contributed by atoms with Crippen molar-refractivity contribution in [1.29, 1.82) is 0 Å². The Bertz CT molecular complexity index is 997. The number of para-hydroxylation sites is 1. The van der Waals surface area contributed by atoms with Gasteiger partial charge in [0.15, 0.2) is 0 Å². The van der Waals surface area contributed by atoms with Crippen LogP contribution in [0.4, 0.5) is 8.78 Å². The lowest BCUT2D eigenvalue weighted by atomic mass is 10.00. The Morgan fingerprint density at radius 1 is 1.00 bits per heavy atom. The second-order valence-electron chi connectivity index (χ2n) is 5.85. The SMILES string of the molecule is CCOP(=O)(OCC)C(F)(F)c1nc2ccccc2c2c(C)cccc12. The number of rotatable bonds is 6. The van der Waals surface area contributed by atoms with Crippen LogP contribution in [0, 0.1) is 6.92 Å². The van der Waals surface area contributed by atoms with E-state index >= 15 is 8.78 Å². The number of aromatic nitrogens is 1. The number of nitrogens with zero attached hydrogens (tertiary/aromatic N) is 1. The van der Waals surface area contributed by atoms with Gasteiger partial charge in [0.1, 0.15) is 5.69 Å². The third-order valence-corrected chi connectivity index (χ3v) is 6.26. The van der Waals surface area contributed by atoms with E-state index in [0.29, 0.717) is 10.9 Å². The highest BCUT2D eigenvalue weighted by molar-refractivity contribution is 7.54. The summed E-state index contributed by atoms with van der Waals surface area (Å²) in [6.07, 6.45) is 0. The fourth-order valence-electron chi connectivity index (χ4n) is 3.08. The summed E-state index contributed by atoms with van der Waals surface area (Å²) in [6, 6.07) is 12.1. The Balaban J connectivity index is 2.39. The van der Waals surface area contributed by atoms with Crippen LogP contribution in [0.15, 0.2) is 42.5 Å². The standard InChI is InChI=1S/C19H20F2NO3P/c1-4-24-26(23,25-5-2)19(20,21)18-15-11-8-9-13(3)17(15)14-10-6-7-12-16(14)22-18/h6-12H,4-5H2,1-3H3. The normalized spacial score (nSPS) is 12.8. The van der Waals surface area contributed by atoms with Crippen LogP contribution in [-0.4, -0.2) is 18.2 Å². The zero-order valence-corrected chi connectivity index (χ0v) is 15.7. The van der Waals surface area contributed by atoms with Crippen molar-refractivity contribution in [2.24, 2.45) is 0 Å². The fourth-order valence-corrected chi connectivity index (χ4v) is 4.59. The molecule has 1 heterocycles. The van der Waals surface area contributed by atoms with Crippen molar-refractivity contribution in [3.8, 4) is 0 Å². The van der Waals surface area contributed by atoms with E-state index in [9.17, 15) is 4.57 Å². The number of aryl methyl sites for hydroxylation is 1. The average molecular weight is 379 g/mol. The van der Waals surface area contributed by atoms with Crippen molar-refractivity contribution >= 4 is 29.3 Å². The lowest BCUT2D eigenvalue weighted by molar-refractivity contribution is 0.0340. The van der Waals surface area contributed by atoms with Crippen LogP contribution in [0.25, 0.3) is 21.7 Å². The predicted molar refractivity (Wildman–Crippen MR) is 98.7 cm³/mol. The van der Waals surface area contributed by atoms with Gasteiger partial charge in [-0.15, -0.1) is 0 Å². The van der Waals surface area contributed by atoms with E-state index in [4.69, 9.17) is 9.05 Å². The Labute approximate surface area is 150 Å². The van der Waals surface area contributed by atoms with Gasteiger partial charge in [-0.1, -0.05) is 36.4 Å². The topological polar surface area (TPSA) is 48.4 Å². The summed E-state index contributed by atoms with van der Waals surface area (Å²) < 4.78 is 53.5. The van der Waals surface area contributed by atoms with E-state index in [1.807, 2.05) is 25.1 Å². The summed E-state index contributed by atoms with van der Waals surface area (Å²) >= 11 is 0. The van der Waals surface area contributed by atoms with Crippen molar-refractivity contribution in [2.45, 2.75) is 26.4 Å². The van der Waals surface area contributed by atoms with Crippen LogP contribution in [0.5, 0.6) is 0 Å². The monoisotopic (exact) mass is 379 g/mol. The Hall–Kier alpha value is -1.88. The second-order valence-corrected chi connectivity index (χ2v) is 7.92. The minimum absolute atomic E-state index is 0.155. The third kappa shape index (κ3) is 2.92. The molecule has 4 nitrogen and oxygen atoms in total. The van der Waals surface area contributed by atoms with Crippen molar-refractivity contribution in [2.75, 3.05) is 13.2 Å². The first kappa shape index (κ1) is 18.9. The quantitative estimate of drug-likeness (QED) is 0.389. The molecule has 0 aliphatic heterocycles. The van der Waals surface area contributed by atoms with E-state index in [0.717, 1.165) is 10.9 Å². The number of hydrogen-bond donors (Lipinski definition) is 0. The van der Waals surface area contributed by atoms with Crippen molar-refractivity contribution in [1.82, 2.24) is 4.98 Å². The van der Waals surface area contributed by atoms with Gasteiger partial charge in [-0.3, -0.25) is 4.57 Å². The first-order valence-electron chi connectivity index (χ1n) is 8.41. The van der Waals surface area contributed by atoms with Gasteiger partial charge in [-0.25, -0.2) is 4.98 Å². The van der Waals surface area contributed by atoms with Crippen LogP contribution < -0.4 is 0 Å². The highest BCUT2D eigenvalue weighted by Gasteiger charge is 2.57. The molecule has 0 radical (unpaired) electrons. The van der Waals surface area contributed by atoms with Crippen LogP contribution in [-0.2, 0) is 19.3 Å². The molecule has 3 aromatic rings. The summed E-state index contributed by atoms with van der Waals surface area (Å²) in [5.74, 6) is 0. The van der Waals surface area contributed by atoms with Crippen LogP contribution in [0.1, 0.15) is 25.1 Å². The van der Waals surface area contributed by atoms with Gasteiger partial charge in [-0.2, -0.15) is 8.78 Å².